The van der Waals surface area contributed by atoms with Crippen LogP contribution in [0.4, 0.5) is 0 Å². The van der Waals surface area contributed by atoms with Crippen LogP contribution >= 0.6 is 0 Å². The molecule has 2 aromatic rings. The number of nitrogens with one attached hydrogen (secondary N) is 1. The molecule has 1 N–H and O–H groups in total. The molecule has 2 aromatic heterocycles. The number of likely N-dealkylation sites (tertiary alicyclic amines) is 1. The minimum Gasteiger partial charge on any atom is -0.355 e. The van der Waals surface area contributed by atoms with Crippen LogP contribution in [0.3, 0.4) is 0 Å². The van der Waals surface area contributed by atoms with Crippen LogP contribution in [0.15, 0.2) is 41.5 Å². The quantitative estimate of drug-likeness (QED) is 0.878. The largest absolute Gasteiger partial charge is 0.355 e. The van der Waals surface area contributed by atoms with Gasteiger partial charge in [-0.25, -0.2) is 4.68 Å². The summed E-state index contributed by atoms with van der Waals surface area (Å²) >= 11 is 0. The summed E-state index contributed by atoms with van der Waals surface area (Å²) in [6.07, 6.45) is 5.41. The summed E-state index contributed by atoms with van der Waals surface area (Å²) in [5.41, 5.74) is 1.54. The molecular weight excluding hydrogens is 318 g/mol. The number of pyridine rings is 1. The van der Waals surface area contributed by atoms with E-state index in [4.69, 9.17) is 0 Å². The minimum absolute atomic E-state index is 0.00333. The number of rotatable bonds is 4. The smallest absolute Gasteiger partial charge is 0.266 e. The van der Waals surface area contributed by atoms with Crippen LogP contribution in [0.1, 0.15) is 12.8 Å². The van der Waals surface area contributed by atoms with E-state index in [9.17, 15) is 9.59 Å². The number of carbonyl (C=O) groups excluding carboxylic acids is 1. The Morgan fingerprint density at radius 3 is 2.84 bits per heavy atom. The lowest BCUT2D eigenvalue weighted by atomic mass is 9.94. The van der Waals surface area contributed by atoms with Crippen molar-refractivity contribution in [2.75, 3.05) is 19.6 Å². The molecule has 7 heteroatoms. The minimum atomic E-state index is -0.0958. The maximum absolute atomic E-state index is 12.1. The van der Waals surface area contributed by atoms with Gasteiger partial charge in [0.2, 0.25) is 5.91 Å². The Hall–Kier alpha value is -2.54. The molecule has 4 heterocycles. The van der Waals surface area contributed by atoms with Gasteiger partial charge >= 0.3 is 0 Å². The fourth-order valence-electron chi connectivity index (χ4n) is 3.58. The van der Waals surface area contributed by atoms with Gasteiger partial charge in [0.05, 0.1) is 18.3 Å². The second-order valence-corrected chi connectivity index (χ2v) is 6.75. The second kappa shape index (κ2) is 6.76. The highest BCUT2D eigenvalue weighted by Crippen LogP contribution is 2.24. The molecule has 2 aliphatic rings. The lowest BCUT2D eigenvalue weighted by Gasteiger charge is -2.44. The predicted octanol–water partition coefficient (Wildman–Crippen LogP) is 0.516. The van der Waals surface area contributed by atoms with Crippen LogP contribution in [0, 0.1) is 5.92 Å². The van der Waals surface area contributed by atoms with Gasteiger partial charge in [-0.1, -0.05) is 0 Å². The highest BCUT2D eigenvalue weighted by molar-refractivity contribution is 5.82. The van der Waals surface area contributed by atoms with Crippen LogP contribution < -0.4 is 10.9 Å². The summed E-state index contributed by atoms with van der Waals surface area (Å²) in [5, 5.41) is 7.41. The summed E-state index contributed by atoms with van der Waals surface area (Å²) in [7, 11) is 0. The fourth-order valence-corrected chi connectivity index (χ4v) is 3.58. The van der Waals surface area contributed by atoms with Gasteiger partial charge in [-0.2, -0.15) is 5.10 Å². The highest BCUT2D eigenvalue weighted by Gasteiger charge is 2.37. The highest BCUT2D eigenvalue weighted by atomic mass is 16.2. The first-order chi connectivity index (χ1) is 12.2. The van der Waals surface area contributed by atoms with E-state index in [0.717, 1.165) is 43.7 Å². The van der Waals surface area contributed by atoms with Gasteiger partial charge in [0, 0.05) is 49.6 Å². The molecule has 2 aliphatic heterocycles. The van der Waals surface area contributed by atoms with Crippen molar-refractivity contribution < 1.29 is 4.79 Å². The summed E-state index contributed by atoms with van der Waals surface area (Å²) in [6.45, 7) is 3.04. The number of hydrogen-bond acceptors (Lipinski definition) is 5. The summed E-state index contributed by atoms with van der Waals surface area (Å²) < 4.78 is 1.53. The molecule has 2 saturated heterocycles. The van der Waals surface area contributed by atoms with E-state index in [2.05, 4.69) is 20.3 Å². The molecule has 0 spiro atoms. The van der Waals surface area contributed by atoms with Crippen molar-refractivity contribution in [1.29, 1.82) is 0 Å². The van der Waals surface area contributed by atoms with E-state index < -0.39 is 0 Å². The lowest BCUT2D eigenvalue weighted by Crippen LogP contribution is -2.60. The third-order valence-corrected chi connectivity index (χ3v) is 4.94. The molecule has 25 heavy (non-hydrogen) atoms. The van der Waals surface area contributed by atoms with Crippen LogP contribution in [0.2, 0.25) is 0 Å². The van der Waals surface area contributed by atoms with Gasteiger partial charge < -0.3 is 5.32 Å². The Labute approximate surface area is 145 Å². The second-order valence-electron chi connectivity index (χ2n) is 6.75. The molecule has 0 bridgehead atoms. The van der Waals surface area contributed by atoms with Gasteiger partial charge in [0.25, 0.3) is 5.56 Å². The Morgan fingerprint density at radius 1 is 1.20 bits per heavy atom. The van der Waals surface area contributed by atoms with Gasteiger partial charge in [-0.05, 0) is 31.0 Å². The number of hydrogen-bond donors (Lipinski definition) is 1. The van der Waals surface area contributed by atoms with Gasteiger partial charge in [0.1, 0.15) is 0 Å². The van der Waals surface area contributed by atoms with Crippen molar-refractivity contribution in [3.63, 3.8) is 0 Å². The topological polar surface area (TPSA) is 80.1 Å². The summed E-state index contributed by atoms with van der Waals surface area (Å²) in [5.74, 6) is 0.489. The molecule has 0 radical (unpaired) electrons. The Kier molecular flexibility index (Phi) is 4.31. The zero-order valence-corrected chi connectivity index (χ0v) is 14.0. The molecule has 1 atom stereocenters. The zero-order valence-electron chi connectivity index (χ0n) is 14.0. The van der Waals surface area contributed by atoms with Crippen LogP contribution in [-0.4, -0.2) is 51.2 Å². The van der Waals surface area contributed by atoms with Gasteiger partial charge in [0.15, 0.2) is 0 Å². The van der Waals surface area contributed by atoms with Gasteiger partial charge in [-0.3, -0.25) is 19.5 Å². The van der Waals surface area contributed by atoms with E-state index in [1.807, 2.05) is 12.1 Å². The molecule has 7 nitrogen and oxygen atoms in total. The number of amides is 1. The van der Waals surface area contributed by atoms with Crippen molar-refractivity contribution in [3.8, 4) is 11.3 Å². The molecule has 2 fully saturated rings. The number of carbonyl (C=O) groups is 1. The molecule has 0 aliphatic carbocycles. The van der Waals surface area contributed by atoms with E-state index in [-0.39, 0.29) is 17.5 Å². The first-order valence-corrected chi connectivity index (χ1v) is 8.71. The number of nitrogens with zero attached hydrogens (tertiary/aromatic N) is 4. The van der Waals surface area contributed by atoms with Crippen LogP contribution in [0.25, 0.3) is 11.3 Å². The lowest BCUT2D eigenvalue weighted by molar-refractivity contribution is -0.131. The Balaban J connectivity index is 1.42. The summed E-state index contributed by atoms with van der Waals surface area (Å²) in [6, 6.07) is 7.06. The maximum atomic E-state index is 12.1. The standard InChI is InChI=1S/C18H21N5O2/c24-17-6-5-15(14-3-1-7-19-9-14)21-23(17)12-13-10-22(11-13)16-4-2-8-20-18(16)25/h1,3,5-7,9,13,16H,2,4,8,10-12H2,(H,20,25). The van der Waals surface area contributed by atoms with Crippen molar-refractivity contribution in [2.45, 2.75) is 25.4 Å². The van der Waals surface area contributed by atoms with E-state index in [1.54, 1.807) is 24.5 Å². The Morgan fingerprint density at radius 2 is 2.08 bits per heavy atom. The molecular formula is C18H21N5O2. The maximum Gasteiger partial charge on any atom is 0.266 e. The normalized spacial score (nSPS) is 21.6. The number of aromatic nitrogens is 3. The molecule has 1 unspecified atom stereocenters. The molecule has 4 rings (SSSR count). The van der Waals surface area contributed by atoms with Crippen molar-refractivity contribution >= 4 is 5.91 Å². The van der Waals surface area contributed by atoms with Crippen molar-refractivity contribution in [1.82, 2.24) is 25.0 Å². The zero-order chi connectivity index (χ0) is 17.2. The SMILES string of the molecule is O=C1NCCCC1N1CC(Cn2nc(-c3cccnc3)ccc2=O)C1. The average molecular weight is 339 g/mol. The monoisotopic (exact) mass is 339 g/mol. The van der Waals surface area contributed by atoms with E-state index >= 15 is 0 Å². The third-order valence-electron chi connectivity index (χ3n) is 4.94. The summed E-state index contributed by atoms with van der Waals surface area (Å²) in [4.78, 5) is 30.3. The van der Waals surface area contributed by atoms with E-state index in [1.165, 1.54) is 4.68 Å². The third kappa shape index (κ3) is 3.32. The van der Waals surface area contributed by atoms with Crippen molar-refractivity contribution in [3.05, 3.63) is 47.0 Å². The Bertz CT molecular complexity index is 814. The van der Waals surface area contributed by atoms with Crippen LogP contribution in [-0.2, 0) is 11.3 Å². The molecule has 130 valence electrons. The number of piperidine rings is 1. The average Bonchev–Trinajstić information content (AvgIpc) is 2.61. The molecule has 0 saturated carbocycles. The first kappa shape index (κ1) is 16.0. The first-order valence-electron chi connectivity index (χ1n) is 8.71. The molecule has 1 amide bonds. The van der Waals surface area contributed by atoms with Gasteiger partial charge in [-0.15, -0.1) is 0 Å². The van der Waals surface area contributed by atoms with Crippen LogP contribution in [0.5, 0.6) is 0 Å². The molecule has 0 aromatic carbocycles. The fraction of sp³-hybridized carbons (Fsp3) is 0.444. The van der Waals surface area contributed by atoms with E-state index in [0.29, 0.717) is 12.5 Å². The van der Waals surface area contributed by atoms with Crippen molar-refractivity contribution in [2.24, 2.45) is 5.92 Å². The predicted molar refractivity (Wildman–Crippen MR) is 92.8 cm³/mol.